The zero-order valence-electron chi connectivity index (χ0n) is 17.8. The lowest BCUT2D eigenvalue weighted by Gasteiger charge is -2.42. The first-order valence-corrected chi connectivity index (χ1v) is 10.6. The lowest BCUT2D eigenvalue weighted by Crippen LogP contribution is -2.66. The maximum atomic E-state index is 14.1. The molecule has 2 aromatic rings. The van der Waals surface area contributed by atoms with Crippen molar-refractivity contribution in [2.24, 2.45) is 5.73 Å². The molecule has 8 nitrogen and oxygen atoms in total. The molecule has 1 aliphatic rings. The molecule has 1 aliphatic carbocycles. The quantitative estimate of drug-likeness (QED) is 0.243. The highest BCUT2D eigenvalue weighted by molar-refractivity contribution is 7.80. The third-order valence-corrected chi connectivity index (χ3v) is 6.07. The van der Waals surface area contributed by atoms with Crippen molar-refractivity contribution < 1.29 is 23.9 Å². The fraction of sp³-hybridized carbons (Fsp3) is 0.130. The van der Waals surface area contributed by atoms with E-state index in [9.17, 15) is 23.9 Å². The summed E-state index contributed by atoms with van der Waals surface area (Å²) in [5.74, 6) is -1.98. The maximum absolute atomic E-state index is 14.1. The van der Waals surface area contributed by atoms with Gasteiger partial charge in [0.1, 0.15) is 10.8 Å². The summed E-state index contributed by atoms with van der Waals surface area (Å²) in [5, 5.41) is 18.2. The van der Waals surface area contributed by atoms with Crippen molar-refractivity contribution >= 4 is 57.9 Å². The van der Waals surface area contributed by atoms with Crippen LogP contribution in [0.15, 0.2) is 66.8 Å². The molecule has 6 N–H and O–H groups in total. The van der Waals surface area contributed by atoms with Crippen molar-refractivity contribution in [1.29, 1.82) is 0 Å². The Labute approximate surface area is 204 Å². The number of allylic oxidation sites excluding steroid dienone is 2. The number of carbonyl (C=O) groups is 3. The molecule has 4 amide bonds. The normalized spacial score (nSPS) is 21.2. The van der Waals surface area contributed by atoms with E-state index in [4.69, 9.17) is 29.6 Å². The van der Waals surface area contributed by atoms with Crippen molar-refractivity contribution in [1.82, 2.24) is 10.6 Å². The number of aliphatic hydroxyl groups is 1. The second kappa shape index (κ2) is 9.72. The van der Waals surface area contributed by atoms with Crippen LogP contribution < -0.4 is 21.7 Å². The van der Waals surface area contributed by atoms with Crippen molar-refractivity contribution in [3.63, 3.8) is 0 Å². The maximum Gasteiger partial charge on any atom is 0.317 e. The molecule has 2 atom stereocenters. The molecular formula is C23H20ClFN4O4S. The zero-order chi connectivity index (χ0) is 25.1. The van der Waals surface area contributed by atoms with Gasteiger partial charge in [0.15, 0.2) is 10.6 Å². The summed E-state index contributed by atoms with van der Waals surface area (Å²) in [5.41, 5.74) is 3.93. The number of primary amides is 1. The van der Waals surface area contributed by atoms with Crippen LogP contribution in [0.1, 0.15) is 22.8 Å². The molecule has 0 aromatic heterocycles. The number of alkyl halides is 1. The Hall–Kier alpha value is -3.60. The first-order valence-electron chi connectivity index (χ1n) is 9.85. The van der Waals surface area contributed by atoms with Gasteiger partial charge in [-0.25, -0.2) is 9.18 Å². The highest BCUT2D eigenvalue weighted by atomic mass is 35.5. The average Bonchev–Trinajstić information content (AvgIpc) is 2.75. The standard InChI is InChI=1S/C23H20ClFN4O4S/c1-13(30)29-23(33)11-10-14(12-22(23,24)20(34)28-21(26)32)15-6-3-5-9-18(15)27-19(31)16-7-2-4-8-17(16)25/h2-12,33H,1H3,(H,27,31)(H,29,30)(H3,26,28,32,34). The molecule has 0 fully saturated rings. The van der Waals surface area contributed by atoms with Gasteiger partial charge in [-0.2, -0.15) is 0 Å². The van der Waals surface area contributed by atoms with E-state index in [-0.39, 0.29) is 10.6 Å². The van der Waals surface area contributed by atoms with Crippen LogP contribution in [0.5, 0.6) is 0 Å². The van der Waals surface area contributed by atoms with E-state index in [1.807, 2.05) is 0 Å². The third kappa shape index (κ3) is 4.98. The van der Waals surface area contributed by atoms with Crippen LogP contribution in [0.25, 0.3) is 5.57 Å². The van der Waals surface area contributed by atoms with Gasteiger partial charge in [0, 0.05) is 18.2 Å². The monoisotopic (exact) mass is 502 g/mol. The van der Waals surface area contributed by atoms with E-state index >= 15 is 0 Å². The highest BCUT2D eigenvalue weighted by Gasteiger charge is 2.52. The van der Waals surface area contributed by atoms with Crippen LogP contribution >= 0.6 is 23.8 Å². The van der Waals surface area contributed by atoms with E-state index in [2.05, 4.69) is 16.0 Å². The molecule has 11 heteroatoms. The molecule has 2 aromatic carbocycles. The zero-order valence-corrected chi connectivity index (χ0v) is 19.3. The van der Waals surface area contributed by atoms with Gasteiger partial charge >= 0.3 is 6.03 Å². The van der Waals surface area contributed by atoms with Crippen molar-refractivity contribution in [3.05, 3.63) is 83.7 Å². The van der Waals surface area contributed by atoms with Crippen molar-refractivity contribution in [3.8, 4) is 0 Å². The summed E-state index contributed by atoms with van der Waals surface area (Å²) in [6.45, 7) is 1.17. The van der Waals surface area contributed by atoms with E-state index in [1.165, 1.54) is 49.4 Å². The number of hydrogen-bond acceptors (Lipinski definition) is 5. The Balaban J connectivity index is 2.05. The van der Waals surface area contributed by atoms with E-state index in [0.717, 1.165) is 0 Å². The molecule has 0 radical (unpaired) electrons. The summed E-state index contributed by atoms with van der Waals surface area (Å²) in [4.78, 5) is 33.4. The lowest BCUT2D eigenvalue weighted by molar-refractivity contribution is -0.124. The molecule has 0 spiro atoms. The summed E-state index contributed by atoms with van der Waals surface area (Å²) >= 11 is 11.9. The van der Waals surface area contributed by atoms with E-state index in [0.29, 0.717) is 16.8 Å². The van der Waals surface area contributed by atoms with Gasteiger partial charge in [0.25, 0.3) is 5.91 Å². The van der Waals surface area contributed by atoms with Gasteiger partial charge < -0.3 is 26.8 Å². The minimum Gasteiger partial charge on any atom is -0.365 e. The Morgan fingerprint density at radius 1 is 1.12 bits per heavy atom. The molecule has 0 saturated heterocycles. The number of hydrogen-bond donors (Lipinski definition) is 5. The number of urea groups is 1. The Morgan fingerprint density at radius 3 is 2.41 bits per heavy atom. The van der Waals surface area contributed by atoms with Crippen LogP contribution in [0.3, 0.4) is 0 Å². The molecule has 0 heterocycles. The van der Waals surface area contributed by atoms with Crippen molar-refractivity contribution in [2.75, 3.05) is 5.32 Å². The number of nitrogens with one attached hydrogen (secondary N) is 3. The lowest BCUT2D eigenvalue weighted by atomic mass is 9.84. The molecule has 0 aliphatic heterocycles. The largest absolute Gasteiger partial charge is 0.365 e. The van der Waals surface area contributed by atoms with Gasteiger partial charge in [0.05, 0.1) is 5.56 Å². The predicted molar refractivity (Wildman–Crippen MR) is 131 cm³/mol. The van der Waals surface area contributed by atoms with Gasteiger partial charge in [-0.15, -0.1) is 11.6 Å². The molecule has 0 bridgehead atoms. The fourth-order valence-corrected chi connectivity index (χ4v) is 3.98. The van der Waals surface area contributed by atoms with Crippen LogP contribution in [0, 0.1) is 5.82 Å². The number of nitrogens with two attached hydrogens (primary N) is 1. The highest BCUT2D eigenvalue weighted by Crippen LogP contribution is 2.40. The molecule has 176 valence electrons. The number of para-hydroxylation sites is 1. The van der Waals surface area contributed by atoms with Gasteiger partial charge in [0.2, 0.25) is 5.91 Å². The number of rotatable bonds is 5. The Kier molecular flexibility index (Phi) is 7.15. The Morgan fingerprint density at radius 2 is 1.76 bits per heavy atom. The van der Waals surface area contributed by atoms with Gasteiger partial charge in [-0.1, -0.05) is 48.6 Å². The predicted octanol–water partition coefficient (Wildman–Crippen LogP) is 2.83. The number of halogens is 2. The minimum atomic E-state index is -2.21. The fourth-order valence-electron chi connectivity index (χ4n) is 3.39. The molecule has 0 saturated carbocycles. The van der Waals surface area contributed by atoms with Crippen LogP contribution in [0.4, 0.5) is 14.9 Å². The summed E-state index contributed by atoms with van der Waals surface area (Å²) in [6.07, 6.45) is 3.97. The van der Waals surface area contributed by atoms with Crippen LogP contribution in [-0.2, 0) is 4.79 Å². The number of carbonyl (C=O) groups excluding carboxylic acids is 3. The minimum absolute atomic E-state index is 0.149. The first kappa shape index (κ1) is 25.0. The SMILES string of the molecule is CC(=O)NC1(O)C=CC(c2ccccc2NC(=O)c2ccccc2F)=CC1(Cl)C(=S)NC(N)=O. The van der Waals surface area contributed by atoms with E-state index in [1.54, 1.807) is 24.3 Å². The van der Waals surface area contributed by atoms with Gasteiger partial charge in [-0.3, -0.25) is 9.59 Å². The molecule has 34 heavy (non-hydrogen) atoms. The topological polar surface area (TPSA) is 134 Å². The number of thiocarbonyl (C=S) groups is 1. The number of amides is 4. The summed E-state index contributed by atoms with van der Waals surface area (Å²) in [6, 6.07) is 11.1. The van der Waals surface area contributed by atoms with E-state index < -0.39 is 34.3 Å². The molecular weight excluding hydrogens is 483 g/mol. The second-order valence-electron chi connectivity index (χ2n) is 7.39. The second-order valence-corrected chi connectivity index (χ2v) is 8.39. The third-order valence-electron chi connectivity index (χ3n) is 4.95. The van der Waals surface area contributed by atoms with Crippen LogP contribution in [-0.4, -0.2) is 38.5 Å². The molecule has 2 unspecified atom stereocenters. The van der Waals surface area contributed by atoms with Crippen LogP contribution in [0.2, 0.25) is 0 Å². The summed E-state index contributed by atoms with van der Waals surface area (Å²) < 4.78 is 14.1. The first-order chi connectivity index (χ1) is 16.0. The average molecular weight is 503 g/mol. The Bertz CT molecular complexity index is 1250. The smallest absolute Gasteiger partial charge is 0.317 e. The number of benzene rings is 2. The number of anilines is 1. The summed E-state index contributed by atoms with van der Waals surface area (Å²) in [7, 11) is 0. The molecule has 3 rings (SSSR count). The van der Waals surface area contributed by atoms with Gasteiger partial charge in [-0.05, 0) is 35.9 Å². The van der Waals surface area contributed by atoms with Crippen molar-refractivity contribution in [2.45, 2.75) is 17.5 Å².